The minimum atomic E-state index is -0.167. The van der Waals surface area contributed by atoms with Crippen LogP contribution in [0.1, 0.15) is 18.4 Å². The molecule has 1 N–H and O–H groups in total. The van der Waals surface area contributed by atoms with Crippen LogP contribution in [0.15, 0.2) is 18.2 Å². The highest BCUT2D eigenvalue weighted by molar-refractivity contribution is 5.54. The first kappa shape index (κ1) is 14.3. The number of nitrogens with one attached hydrogen (secondary N) is 1. The summed E-state index contributed by atoms with van der Waals surface area (Å²) in [5.41, 5.74) is 2.18. The third-order valence-electron chi connectivity index (χ3n) is 3.67. The molecule has 0 spiro atoms. The van der Waals surface area contributed by atoms with Crippen LogP contribution in [0.4, 0.5) is 10.1 Å². The molecule has 0 aromatic heterocycles. The van der Waals surface area contributed by atoms with Crippen LogP contribution >= 0.6 is 0 Å². The zero-order valence-corrected chi connectivity index (χ0v) is 11.8. The van der Waals surface area contributed by atoms with Gasteiger partial charge in [0.25, 0.3) is 0 Å². The van der Waals surface area contributed by atoms with Crippen LogP contribution in [-0.2, 0) is 11.3 Å². The van der Waals surface area contributed by atoms with Crippen molar-refractivity contribution in [2.45, 2.75) is 19.4 Å². The lowest BCUT2D eigenvalue weighted by atomic mass is 9.97. The second-order valence-corrected chi connectivity index (χ2v) is 5.21. The molecule has 0 radical (unpaired) electrons. The van der Waals surface area contributed by atoms with E-state index in [1.54, 1.807) is 19.2 Å². The Bertz CT molecular complexity index is 409. The Morgan fingerprint density at radius 1 is 1.47 bits per heavy atom. The van der Waals surface area contributed by atoms with Crippen LogP contribution in [0, 0.1) is 11.7 Å². The van der Waals surface area contributed by atoms with E-state index in [0.29, 0.717) is 12.5 Å². The molecule has 1 aromatic carbocycles. The Morgan fingerprint density at radius 2 is 2.32 bits per heavy atom. The highest BCUT2D eigenvalue weighted by atomic mass is 19.1. The first-order valence-corrected chi connectivity index (χ1v) is 6.91. The van der Waals surface area contributed by atoms with E-state index in [0.717, 1.165) is 30.9 Å². The van der Waals surface area contributed by atoms with Gasteiger partial charge in [-0.1, -0.05) is 0 Å². The van der Waals surface area contributed by atoms with Gasteiger partial charge in [0.1, 0.15) is 5.82 Å². The van der Waals surface area contributed by atoms with Crippen molar-refractivity contribution in [1.82, 2.24) is 5.32 Å². The lowest BCUT2D eigenvalue weighted by molar-refractivity contribution is 0.143. The number of hydrogen-bond donors (Lipinski definition) is 1. The van der Waals surface area contributed by atoms with Gasteiger partial charge in [-0.25, -0.2) is 4.39 Å². The lowest BCUT2D eigenvalue weighted by Crippen LogP contribution is -2.37. The highest BCUT2D eigenvalue weighted by Gasteiger charge is 2.21. The van der Waals surface area contributed by atoms with E-state index in [4.69, 9.17) is 4.74 Å². The van der Waals surface area contributed by atoms with Crippen molar-refractivity contribution in [2.24, 2.45) is 5.92 Å². The zero-order chi connectivity index (χ0) is 13.7. The number of piperidine rings is 1. The smallest absolute Gasteiger partial charge is 0.123 e. The summed E-state index contributed by atoms with van der Waals surface area (Å²) in [5, 5.41) is 3.11. The van der Waals surface area contributed by atoms with E-state index in [1.165, 1.54) is 12.8 Å². The standard InChI is InChI=1S/C15H23FN2O/c1-17-9-13-8-14(16)5-6-15(13)18-7-3-4-12(10-18)11-19-2/h5-6,8,12,17H,3-4,7,9-11H2,1-2H3. The number of nitrogens with zero attached hydrogens (tertiary/aromatic N) is 1. The number of methoxy groups -OCH3 is 1. The minimum Gasteiger partial charge on any atom is -0.384 e. The van der Waals surface area contributed by atoms with Crippen LogP contribution in [0.25, 0.3) is 0 Å². The summed E-state index contributed by atoms with van der Waals surface area (Å²) in [4.78, 5) is 2.36. The second kappa shape index (κ2) is 6.87. The highest BCUT2D eigenvalue weighted by Crippen LogP contribution is 2.27. The molecule has 1 fully saturated rings. The Kier molecular flexibility index (Phi) is 5.16. The molecule has 1 saturated heterocycles. The molecule has 0 aliphatic carbocycles. The van der Waals surface area contributed by atoms with Gasteiger partial charge in [0.05, 0.1) is 6.61 Å². The minimum absolute atomic E-state index is 0.167. The Morgan fingerprint density at radius 3 is 3.05 bits per heavy atom. The van der Waals surface area contributed by atoms with Gasteiger partial charge in [0.2, 0.25) is 0 Å². The monoisotopic (exact) mass is 266 g/mol. The van der Waals surface area contributed by atoms with Crippen molar-refractivity contribution >= 4 is 5.69 Å². The summed E-state index contributed by atoms with van der Waals surface area (Å²) < 4.78 is 18.6. The van der Waals surface area contributed by atoms with Crippen molar-refractivity contribution in [1.29, 1.82) is 0 Å². The molecule has 1 aliphatic heterocycles. The maximum absolute atomic E-state index is 13.4. The van der Waals surface area contributed by atoms with Crippen molar-refractivity contribution in [3.8, 4) is 0 Å². The molecule has 1 aromatic rings. The van der Waals surface area contributed by atoms with Crippen LogP contribution in [0.2, 0.25) is 0 Å². The Hall–Kier alpha value is -1.13. The average molecular weight is 266 g/mol. The largest absolute Gasteiger partial charge is 0.384 e. The van der Waals surface area contributed by atoms with Gasteiger partial charge >= 0.3 is 0 Å². The molecular weight excluding hydrogens is 243 g/mol. The molecule has 4 heteroatoms. The topological polar surface area (TPSA) is 24.5 Å². The van der Waals surface area contributed by atoms with E-state index >= 15 is 0 Å². The zero-order valence-electron chi connectivity index (χ0n) is 11.8. The lowest BCUT2D eigenvalue weighted by Gasteiger charge is -2.35. The third-order valence-corrected chi connectivity index (χ3v) is 3.67. The molecule has 0 amide bonds. The molecule has 1 aliphatic rings. The summed E-state index contributed by atoms with van der Waals surface area (Å²) >= 11 is 0. The van der Waals surface area contributed by atoms with Crippen molar-refractivity contribution < 1.29 is 9.13 Å². The molecule has 3 nitrogen and oxygen atoms in total. The van der Waals surface area contributed by atoms with E-state index in [2.05, 4.69) is 10.2 Å². The normalized spacial score (nSPS) is 19.7. The van der Waals surface area contributed by atoms with E-state index in [9.17, 15) is 4.39 Å². The molecule has 19 heavy (non-hydrogen) atoms. The molecule has 0 saturated carbocycles. The summed E-state index contributed by atoms with van der Waals surface area (Å²) in [6.07, 6.45) is 2.39. The van der Waals surface area contributed by atoms with Gasteiger partial charge < -0.3 is 15.0 Å². The van der Waals surface area contributed by atoms with Crippen LogP contribution in [0.5, 0.6) is 0 Å². The Labute approximate surface area is 114 Å². The molecule has 0 bridgehead atoms. The first-order valence-electron chi connectivity index (χ1n) is 6.91. The number of halogens is 1. The van der Waals surface area contributed by atoms with Crippen molar-refractivity contribution in [3.63, 3.8) is 0 Å². The number of hydrogen-bond acceptors (Lipinski definition) is 3. The summed E-state index contributed by atoms with van der Waals surface area (Å²) in [6.45, 7) is 3.54. The quantitative estimate of drug-likeness (QED) is 0.885. The summed E-state index contributed by atoms with van der Waals surface area (Å²) in [5.74, 6) is 0.408. The first-order chi connectivity index (χ1) is 9.24. The number of ether oxygens (including phenoxy) is 1. The van der Waals surface area contributed by atoms with E-state index < -0.39 is 0 Å². The second-order valence-electron chi connectivity index (χ2n) is 5.21. The fourth-order valence-corrected chi connectivity index (χ4v) is 2.85. The third kappa shape index (κ3) is 3.67. The predicted octanol–water partition coefficient (Wildman–Crippen LogP) is 2.41. The van der Waals surface area contributed by atoms with Gasteiger partial charge in [-0.15, -0.1) is 0 Å². The van der Waals surface area contributed by atoms with Gasteiger partial charge in [-0.3, -0.25) is 0 Å². The molecule has 1 heterocycles. The molecule has 1 unspecified atom stereocenters. The fourth-order valence-electron chi connectivity index (χ4n) is 2.85. The summed E-state index contributed by atoms with van der Waals surface area (Å²) in [7, 11) is 3.64. The van der Waals surface area contributed by atoms with Gasteiger partial charge in [-0.2, -0.15) is 0 Å². The van der Waals surface area contributed by atoms with Crippen molar-refractivity contribution in [2.75, 3.05) is 38.8 Å². The van der Waals surface area contributed by atoms with Gasteiger partial charge in [0.15, 0.2) is 0 Å². The SMILES string of the molecule is CNCc1cc(F)ccc1N1CCCC(COC)C1. The van der Waals surface area contributed by atoms with Gasteiger partial charge in [-0.05, 0) is 49.6 Å². The molecule has 2 rings (SSSR count). The molecule has 1 atom stereocenters. The number of rotatable bonds is 5. The van der Waals surface area contributed by atoms with Crippen LogP contribution in [0.3, 0.4) is 0 Å². The van der Waals surface area contributed by atoms with Gasteiger partial charge in [0, 0.05) is 32.4 Å². The molecular formula is C15H23FN2O. The van der Waals surface area contributed by atoms with Crippen LogP contribution < -0.4 is 10.2 Å². The fraction of sp³-hybridized carbons (Fsp3) is 0.600. The van der Waals surface area contributed by atoms with E-state index in [-0.39, 0.29) is 5.82 Å². The average Bonchev–Trinajstić information content (AvgIpc) is 2.40. The number of anilines is 1. The summed E-state index contributed by atoms with van der Waals surface area (Å²) in [6, 6.07) is 5.08. The van der Waals surface area contributed by atoms with Crippen LogP contribution in [-0.4, -0.2) is 33.9 Å². The number of benzene rings is 1. The predicted molar refractivity (Wildman–Crippen MR) is 76.0 cm³/mol. The maximum atomic E-state index is 13.4. The molecule has 106 valence electrons. The maximum Gasteiger partial charge on any atom is 0.123 e. The van der Waals surface area contributed by atoms with Crippen molar-refractivity contribution in [3.05, 3.63) is 29.6 Å². The Balaban J connectivity index is 2.15. The van der Waals surface area contributed by atoms with E-state index in [1.807, 2.05) is 13.1 Å².